The molecule has 0 radical (unpaired) electrons. The van der Waals surface area contributed by atoms with Crippen molar-refractivity contribution in [1.82, 2.24) is 0 Å². The fourth-order valence-electron chi connectivity index (χ4n) is 2.22. The lowest BCUT2D eigenvalue weighted by molar-refractivity contribution is -0.384. The number of aryl methyl sites for hydroxylation is 2. The van der Waals surface area contributed by atoms with Gasteiger partial charge in [-0.15, -0.1) is 0 Å². The van der Waals surface area contributed by atoms with Crippen molar-refractivity contribution < 1.29 is 14.5 Å². The Labute approximate surface area is 141 Å². The number of hydrogen-bond donors (Lipinski definition) is 1. The molecule has 1 amide bonds. The van der Waals surface area contributed by atoms with E-state index in [-0.39, 0.29) is 5.69 Å². The standard InChI is InChI=1S/C16H15BrN2O4/c1-9-4-5-12(19(21)22)8-14(9)18-16(20)13-7-11(17)6-10(2)15(13)23-3/h4-8H,1-3H3,(H,18,20). The number of carbonyl (C=O) groups excluding carboxylic acids is 1. The summed E-state index contributed by atoms with van der Waals surface area (Å²) in [6.07, 6.45) is 0. The maximum absolute atomic E-state index is 12.5. The number of methoxy groups -OCH3 is 1. The van der Waals surface area contributed by atoms with Gasteiger partial charge in [0.05, 0.1) is 23.3 Å². The first-order valence-corrected chi connectivity index (χ1v) is 7.53. The second-order valence-electron chi connectivity index (χ2n) is 5.01. The highest BCUT2D eigenvalue weighted by atomic mass is 79.9. The first kappa shape index (κ1) is 17.0. The lowest BCUT2D eigenvalue weighted by Gasteiger charge is -2.13. The number of non-ortho nitro benzene ring substituents is 1. The van der Waals surface area contributed by atoms with Gasteiger partial charge in [0.25, 0.3) is 11.6 Å². The van der Waals surface area contributed by atoms with Crippen LogP contribution in [0.3, 0.4) is 0 Å². The van der Waals surface area contributed by atoms with Crippen LogP contribution in [-0.2, 0) is 0 Å². The van der Waals surface area contributed by atoms with Crippen molar-refractivity contribution in [3.05, 3.63) is 61.6 Å². The van der Waals surface area contributed by atoms with E-state index in [1.165, 1.54) is 19.2 Å². The molecule has 7 heteroatoms. The van der Waals surface area contributed by atoms with Crippen LogP contribution < -0.4 is 10.1 Å². The number of halogens is 1. The Kier molecular flexibility index (Phi) is 5.00. The van der Waals surface area contributed by atoms with Crippen molar-refractivity contribution in [3.63, 3.8) is 0 Å². The Bertz CT molecular complexity index is 790. The van der Waals surface area contributed by atoms with Crippen LogP contribution in [0.5, 0.6) is 5.75 Å². The molecule has 0 aromatic heterocycles. The minimum Gasteiger partial charge on any atom is -0.496 e. The summed E-state index contributed by atoms with van der Waals surface area (Å²) >= 11 is 3.35. The fraction of sp³-hybridized carbons (Fsp3) is 0.188. The average molecular weight is 379 g/mol. The molecular formula is C16H15BrN2O4. The summed E-state index contributed by atoms with van der Waals surface area (Å²) in [6, 6.07) is 7.82. The number of benzene rings is 2. The summed E-state index contributed by atoms with van der Waals surface area (Å²) in [4.78, 5) is 22.9. The van der Waals surface area contributed by atoms with Crippen LogP contribution >= 0.6 is 15.9 Å². The van der Waals surface area contributed by atoms with Crippen LogP contribution in [0.2, 0.25) is 0 Å². The molecule has 0 saturated heterocycles. The number of rotatable bonds is 4. The smallest absolute Gasteiger partial charge is 0.271 e. The van der Waals surface area contributed by atoms with Gasteiger partial charge in [-0.05, 0) is 37.1 Å². The number of nitro benzene ring substituents is 1. The monoisotopic (exact) mass is 378 g/mol. The molecule has 0 aliphatic heterocycles. The Hall–Kier alpha value is -2.41. The van der Waals surface area contributed by atoms with E-state index in [4.69, 9.17) is 4.74 Å². The van der Waals surface area contributed by atoms with Crippen molar-refractivity contribution in [2.24, 2.45) is 0 Å². The molecule has 1 N–H and O–H groups in total. The SMILES string of the molecule is COc1c(C)cc(Br)cc1C(=O)Nc1cc([N+](=O)[O-])ccc1C. The van der Waals surface area contributed by atoms with Gasteiger partial charge < -0.3 is 10.1 Å². The van der Waals surface area contributed by atoms with Gasteiger partial charge in [-0.25, -0.2) is 0 Å². The maximum atomic E-state index is 12.5. The molecule has 2 aromatic rings. The lowest BCUT2D eigenvalue weighted by Crippen LogP contribution is -2.14. The van der Waals surface area contributed by atoms with Gasteiger partial charge in [-0.3, -0.25) is 14.9 Å². The van der Waals surface area contributed by atoms with Gasteiger partial charge >= 0.3 is 0 Å². The van der Waals surface area contributed by atoms with E-state index in [0.29, 0.717) is 17.0 Å². The summed E-state index contributed by atoms with van der Waals surface area (Å²) < 4.78 is 6.04. The molecule has 0 aliphatic rings. The number of amides is 1. The van der Waals surface area contributed by atoms with Gasteiger partial charge in [0.1, 0.15) is 5.75 Å². The van der Waals surface area contributed by atoms with Gasteiger partial charge in [-0.1, -0.05) is 22.0 Å². The normalized spacial score (nSPS) is 10.3. The minimum absolute atomic E-state index is 0.0803. The second kappa shape index (κ2) is 6.78. The van der Waals surface area contributed by atoms with Gasteiger partial charge in [0.15, 0.2) is 0 Å². The highest BCUT2D eigenvalue weighted by Crippen LogP contribution is 2.29. The molecule has 0 spiro atoms. The Balaban J connectivity index is 2.40. The predicted molar refractivity (Wildman–Crippen MR) is 91.2 cm³/mol. The predicted octanol–water partition coefficient (Wildman–Crippen LogP) is 4.24. The molecule has 23 heavy (non-hydrogen) atoms. The molecule has 0 aliphatic carbocycles. The zero-order chi connectivity index (χ0) is 17.1. The zero-order valence-corrected chi connectivity index (χ0v) is 14.4. The largest absolute Gasteiger partial charge is 0.496 e. The number of hydrogen-bond acceptors (Lipinski definition) is 4. The van der Waals surface area contributed by atoms with Crippen LogP contribution in [-0.4, -0.2) is 17.9 Å². The first-order valence-electron chi connectivity index (χ1n) is 6.74. The number of carbonyl (C=O) groups is 1. The molecule has 0 heterocycles. The first-order chi connectivity index (χ1) is 10.8. The van der Waals surface area contributed by atoms with E-state index >= 15 is 0 Å². The lowest BCUT2D eigenvalue weighted by atomic mass is 10.1. The number of anilines is 1. The van der Waals surface area contributed by atoms with Crippen molar-refractivity contribution in [2.75, 3.05) is 12.4 Å². The number of nitrogens with zero attached hydrogens (tertiary/aromatic N) is 1. The van der Waals surface area contributed by atoms with Gasteiger partial charge in [-0.2, -0.15) is 0 Å². The molecule has 0 saturated carbocycles. The van der Waals surface area contributed by atoms with Crippen molar-refractivity contribution in [1.29, 1.82) is 0 Å². The molecule has 6 nitrogen and oxygen atoms in total. The summed E-state index contributed by atoms with van der Waals surface area (Å²) in [6.45, 7) is 3.60. The van der Waals surface area contributed by atoms with Crippen LogP contribution in [0, 0.1) is 24.0 Å². The third-order valence-corrected chi connectivity index (χ3v) is 3.83. The molecule has 0 unspecified atom stereocenters. The quantitative estimate of drug-likeness (QED) is 0.637. The molecule has 120 valence electrons. The average Bonchev–Trinajstić information content (AvgIpc) is 2.48. The molecule has 0 atom stereocenters. The molecule has 0 bridgehead atoms. The molecular weight excluding hydrogens is 364 g/mol. The highest BCUT2D eigenvalue weighted by Gasteiger charge is 2.17. The van der Waals surface area contributed by atoms with Crippen LogP contribution in [0.4, 0.5) is 11.4 Å². The topological polar surface area (TPSA) is 81.5 Å². The van der Waals surface area contributed by atoms with E-state index in [1.807, 2.05) is 13.0 Å². The maximum Gasteiger partial charge on any atom is 0.271 e. The van der Waals surface area contributed by atoms with Gasteiger partial charge in [0, 0.05) is 16.6 Å². The minimum atomic E-state index is -0.501. The van der Waals surface area contributed by atoms with Crippen molar-refractivity contribution in [3.8, 4) is 5.75 Å². The van der Waals surface area contributed by atoms with Gasteiger partial charge in [0.2, 0.25) is 0 Å². The van der Waals surface area contributed by atoms with E-state index in [9.17, 15) is 14.9 Å². The summed E-state index contributed by atoms with van der Waals surface area (Å²) in [5.74, 6) is 0.0728. The Morgan fingerprint density at radius 1 is 1.22 bits per heavy atom. The third-order valence-electron chi connectivity index (χ3n) is 3.37. The number of nitro groups is 1. The van der Waals surface area contributed by atoms with E-state index in [1.54, 1.807) is 19.1 Å². The second-order valence-corrected chi connectivity index (χ2v) is 5.93. The molecule has 2 aromatic carbocycles. The Morgan fingerprint density at radius 3 is 2.52 bits per heavy atom. The van der Waals surface area contributed by atoms with Crippen molar-refractivity contribution in [2.45, 2.75) is 13.8 Å². The van der Waals surface area contributed by atoms with Crippen LogP contribution in [0.15, 0.2) is 34.8 Å². The molecule has 2 rings (SSSR count). The molecule has 0 fully saturated rings. The van der Waals surface area contributed by atoms with Crippen molar-refractivity contribution >= 4 is 33.2 Å². The Morgan fingerprint density at radius 2 is 1.91 bits per heavy atom. The fourth-order valence-corrected chi connectivity index (χ4v) is 2.79. The summed E-state index contributed by atoms with van der Waals surface area (Å²) in [5, 5.41) is 13.6. The summed E-state index contributed by atoms with van der Waals surface area (Å²) in [7, 11) is 1.49. The van der Waals surface area contributed by atoms with Crippen LogP contribution in [0.1, 0.15) is 21.5 Å². The summed E-state index contributed by atoms with van der Waals surface area (Å²) in [5.41, 5.74) is 2.20. The number of nitrogens with one attached hydrogen (secondary N) is 1. The third kappa shape index (κ3) is 3.68. The number of ether oxygens (including phenoxy) is 1. The van der Waals surface area contributed by atoms with E-state index in [2.05, 4.69) is 21.2 Å². The van der Waals surface area contributed by atoms with E-state index < -0.39 is 10.8 Å². The zero-order valence-electron chi connectivity index (χ0n) is 12.8. The highest BCUT2D eigenvalue weighted by molar-refractivity contribution is 9.10. The van der Waals surface area contributed by atoms with E-state index in [0.717, 1.165) is 15.6 Å². The van der Waals surface area contributed by atoms with Crippen LogP contribution in [0.25, 0.3) is 0 Å².